The number of rotatable bonds is 5. The van der Waals surface area contributed by atoms with Gasteiger partial charge in [-0.1, -0.05) is 0 Å². The van der Waals surface area contributed by atoms with Crippen LogP contribution in [-0.4, -0.2) is 50.3 Å². The van der Waals surface area contributed by atoms with E-state index >= 15 is 0 Å². The normalized spacial score (nSPS) is 32.8. The quantitative estimate of drug-likeness (QED) is 0.794. The van der Waals surface area contributed by atoms with E-state index in [-0.39, 0.29) is 0 Å². The average Bonchev–Trinajstić information content (AvgIpc) is 2.89. The van der Waals surface area contributed by atoms with Gasteiger partial charge < -0.3 is 15.0 Å². The van der Waals surface area contributed by atoms with Gasteiger partial charge in [0.2, 0.25) is 0 Å². The number of likely N-dealkylation sites (tertiary alicyclic amines) is 1. The van der Waals surface area contributed by atoms with Gasteiger partial charge in [-0.05, 0) is 58.5 Å². The summed E-state index contributed by atoms with van der Waals surface area (Å²) in [6, 6.07) is 0.653. The first kappa shape index (κ1) is 13.3. The van der Waals surface area contributed by atoms with E-state index in [0.717, 1.165) is 12.5 Å². The van der Waals surface area contributed by atoms with Crippen molar-refractivity contribution in [1.82, 2.24) is 10.2 Å². The minimum absolute atomic E-state index is 0.553. The second kappa shape index (κ2) is 6.72. The first-order chi connectivity index (χ1) is 8.29. The molecule has 2 fully saturated rings. The van der Waals surface area contributed by atoms with E-state index < -0.39 is 0 Å². The standard InChI is InChI=1S/C14H28N2O/c1-12(15-2)13-5-3-8-16(11-13)9-7-14-6-4-10-17-14/h12-15H,3-11H2,1-2H3. The van der Waals surface area contributed by atoms with Crippen molar-refractivity contribution in [2.75, 3.05) is 33.3 Å². The van der Waals surface area contributed by atoms with Gasteiger partial charge in [0.15, 0.2) is 0 Å². The maximum absolute atomic E-state index is 5.70. The molecule has 3 nitrogen and oxygen atoms in total. The summed E-state index contributed by atoms with van der Waals surface area (Å²) < 4.78 is 5.70. The molecule has 3 unspecified atom stereocenters. The van der Waals surface area contributed by atoms with Gasteiger partial charge in [-0.2, -0.15) is 0 Å². The Hall–Kier alpha value is -0.120. The van der Waals surface area contributed by atoms with Crippen LogP contribution in [0.25, 0.3) is 0 Å². The van der Waals surface area contributed by atoms with Crippen LogP contribution in [0.4, 0.5) is 0 Å². The summed E-state index contributed by atoms with van der Waals surface area (Å²) in [5.74, 6) is 0.832. The Balaban J connectivity index is 1.69. The highest BCUT2D eigenvalue weighted by atomic mass is 16.5. The van der Waals surface area contributed by atoms with Crippen molar-refractivity contribution in [3.8, 4) is 0 Å². The molecule has 3 atom stereocenters. The molecule has 1 N–H and O–H groups in total. The SMILES string of the molecule is CNC(C)C1CCCN(CCC2CCCO2)C1. The molecule has 0 radical (unpaired) electrons. The summed E-state index contributed by atoms with van der Waals surface area (Å²) >= 11 is 0. The lowest BCUT2D eigenvalue weighted by molar-refractivity contribution is 0.0802. The van der Waals surface area contributed by atoms with Crippen LogP contribution in [0.3, 0.4) is 0 Å². The second-order valence-electron chi connectivity index (χ2n) is 5.70. The van der Waals surface area contributed by atoms with Crippen LogP contribution in [0.1, 0.15) is 39.0 Å². The van der Waals surface area contributed by atoms with Crippen LogP contribution < -0.4 is 5.32 Å². The van der Waals surface area contributed by atoms with Crippen molar-refractivity contribution in [3.63, 3.8) is 0 Å². The Kier molecular flexibility index (Phi) is 5.26. The molecular weight excluding hydrogens is 212 g/mol. The minimum Gasteiger partial charge on any atom is -0.378 e. The van der Waals surface area contributed by atoms with Gasteiger partial charge in [-0.3, -0.25) is 0 Å². The summed E-state index contributed by atoms with van der Waals surface area (Å²) in [6.45, 7) is 7.10. The van der Waals surface area contributed by atoms with Gasteiger partial charge in [0.25, 0.3) is 0 Å². The lowest BCUT2D eigenvalue weighted by Crippen LogP contribution is -2.44. The molecule has 0 aliphatic carbocycles. The van der Waals surface area contributed by atoms with Crippen molar-refractivity contribution in [1.29, 1.82) is 0 Å². The predicted molar refractivity (Wildman–Crippen MR) is 71.3 cm³/mol. The molecule has 0 aromatic heterocycles. The molecule has 0 bridgehead atoms. The Morgan fingerprint density at radius 3 is 2.94 bits per heavy atom. The molecule has 2 saturated heterocycles. The molecule has 2 aliphatic rings. The molecule has 0 amide bonds. The topological polar surface area (TPSA) is 24.5 Å². The van der Waals surface area contributed by atoms with Crippen LogP contribution >= 0.6 is 0 Å². The number of hydrogen-bond donors (Lipinski definition) is 1. The summed E-state index contributed by atoms with van der Waals surface area (Å²) in [5, 5.41) is 3.40. The fraction of sp³-hybridized carbons (Fsp3) is 1.00. The number of nitrogens with zero attached hydrogens (tertiary/aromatic N) is 1. The van der Waals surface area contributed by atoms with Crippen molar-refractivity contribution in [2.45, 2.75) is 51.2 Å². The van der Waals surface area contributed by atoms with Crippen LogP contribution in [0.5, 0.6) is 0 Å². The van der Waals surface area contributed by atoms with Gasteiger partial charge in [0, 0.05) is 25.7 Å². The van der Waals surface area contributed by atoms with Gasteiger partial charge in [0.1, 0.15) is 0 Å². The van der Waals surface area contributed by atoms with Crippen molar-refractivity contribution in [2.24, 2.45) is 5.92 Å². The molecule has 2 aliphatic heterocycles. The Morgan fingerprint density at radius 1 is 1.35 bits per heavy atom. The van der Waals surface area contributed by atoms with Gasteiger partial charge in [0.05, 0.1) is 6.10 Å². The molecule has 3 heteroatoms. The van der Waals surface area contributed by atoms with Crippen molar-refractivity contribution < 1.29 is 4.74 Å². The smallest absolute Gasteiger partial charge is 0.0588 e. The molecule has 0 aromatic rings. The molecule has 0 spiro atoms. The van der Waals surface area contributed by atoms with Gasteiger partial charge >= 0.3 is 0 Å². The van der Waals surface area contributed by atoms with Crippen LogP contribution in [0.2, 0.25) is 0 Å². The van der Waals surface area contributed by atoms with Crippen LogP contribution in [0, 0.1) is 5.92 Å². The third-order valence-corrected chi connectivity index (χ3v) is 4.50. The maximum atomic E-state index is 5.70. The Bertz CT molecular complexity index is 216. The monoisotopic (exact) mass is 240 g/mol. The van der Waals surface area contributed by atoms with Gasteiger partial charge in [-0.25, -0.2) is 0 Å². The van der Waals surface area contributed by atoms with E-state index in [4.69, 9.17) is 4.74 Å². The zero-order chi connectivity index (χ0) is 12.1. The fourth-order valence-electron chi connectivity index (χ4n) is 3.14. The third kappa shape index (κ3) is 3.94. The van der Waals surface area contributed by atoms with E-state index in [1.807, 2.05) is 0 Å². The predicted octanol–water partition coefficient (Wildman–Crippen LogP) is 1.88. The largest absolute Gasteiger partial charge is 0.378 e. The van der Waals surface area contributed by atoms with Gasteiger partial charge in [-0.15, -0.1) is 0 Å². The molecule has 100 valence electrons. The number of ether oxygens (including phenoxy) is 1. The highest BCUT2D eigenvalue weighted by Gasteiger charge is 2.24. The van der Waals surface area contributed by atoms with E-state index in [2.05, 4.69) is 24.2 Å². The summed E-state index contributed by atoms with van der Waals surface area (Å²) in [4.78, 5) is 2.64. The Labute approximate surface area is 106 Å². The molecule has 2 rings (SSSR count). The lowest BCUT2D eigenvalue weighted by atomic mass is 9.91. The van der Waals surface area contributed by atoms with E-state index in [9.17, 15) is 0 Å². The fourth-order valence-corrected chi connectivity index (χ4v) is 3.14. The van der Waals surface area contributed by atoms with Crippen molar-refractivity contribution >= 4 is 0 Å². The van der Waals surface area contributed by atoms with E-state index in [0.29, 0.717) is 12.1 Å². The molecule has 17 heavy (non-hydrogen) atoms. The Morgan fingerprint density at radius 2 is 2.24 bits per heavy atom. The van der Waals surface area contributed by atoms with E-state index in [1.54, 1.807) is 0 Å². The highest BCUT2D eigenvalue weighted by Crippen LogP contribution is 2.21. The molecule has 0 aromatic carbocycles. The lowest BCUT2D eigenvalue weighted by Gasteiger charge is -2.36. The summed E-state index contributed by atoms with van der Waals surface area (Å²) in [5.41, 5.74) is 0. The average molecular weight is 240 g/mol. The third-order valence-electron chi connectivity index (χ3n) is 4.50. The first-order valence-electron chi connectivity index (χ1n) is 7.31. The highest BCUT2D eigenvalue weighted by molar-refractivity contribution is 4.80. The van der Waals surface area contributed by atoms with Crippen molar-refractivity contribution in [3.05, 3.63) is 0 Å². The first-order valence-corrected chi connectivity index (χ1v) is 7.31. The number of nitrogens with one attached hydrogen (secondary N) is 1. The summed E-state index contributed by atoms with van der Waals surface area (Å²) in [7, 11) is 2.08. The maximum Gasteiger partial charge on any atom is 0.0588 e. The molecular formula is C14H28N2O. The zero-order valence-corrected chi connectivity index (χ0v) is 11.5. The summed E-state index contributed by atoms with van der Waals surface area (Å²) in [6.07, 6.45) is 7.09. The van der Waals surface area contributed by atoms with Crippen LogP contribution in [-0.2, 0) is 4.74 Å². The van der Waals surface area contributed by atoms with Crippen LogP contribution in [0.15, 0.2) is 0 Å². The second-order valence-corrected chi connectivity index (χ2v) is 5.70. The molecule has 2 heterocycles. The number of piperidine rings is 1. The van der Waals surface area contributed by atoms with E-state index in [1.165, 1.54) is 51.7 Å². The molecule has 0 saturated carbocycles. The zero-order valence-electron chi connectivity index (χ0n) is 11.5. The minimum atomic E-state index is 0.553. The number of hydrogen-bond acceptors (Lipinski definition) is 3.